The Kier molecular flexibility index (Phi) is 5.63. The van der Waals surface area contributed by atoms with Crippen molar-refractivity contribution < 1.29 is 14.3 Å². The van der Waals surface area contributed by atoms with Gasteiger partial charge in [0.2, 0.25) is 5.91 Å². The summed E-state index contributed by atoms with van der Waals surface area (Å²) in [6, 6.07) is 0. The first-order valence-corrected chi connectivity index (χ1v) is 6.74. The third kappa shape index (κ3) is 5.37. The summed E-state index contributed by atoms with van der Waals surface area (Å²) >= 11 is 0. The zero-order valence-electron chi connectivity index (χ0n) is 13.1. The minimum atomic E-state index is -0.535. The molecule has 0 radical (unpaired) electrons. The molecule has 1 N–H and O–H groups in total. The average molecular weight is 294 g/mol. The lowest BCUT2D eigenvalue weighted by Crippen LogP contribution is -2.35. The number of aromatic nitrogens is 2. The van der Waals surface area contributed by atoms with Crippen LogP contribution in [0.4, 0.5) is 10.5 Å². The molecule has 0 aliphatic heterocycles. The number of hydrogen-bond donors (Lipinski definition) is 1. The number of hydrogen-bond acceptors (Lipinski definition) is 5. The van der Waals surface area contributed by atoms with Gasteiger partial charge in [0, 0.05) is 12.5 Å². The molecule has 0 saturated heterocycles. The Morgan fingerprint density at radius 3 is 2.33 bits per heavy atom. The number of nitrogens with one attached hydrogen (secondary N) is 1. The van der Waals surface area contributed by atoms with Crippen LogP contribution in [0.2, 0.25) is 0 Å². The molecule has 7 heteroatoms. The zero-order valence-corrected chi connectivity index (χ0v) is 13.1. The number of nitrogens with zero attached hydrogens (tertiary/aromatic N) is 3. The standard InChI is InChI=1S/C14H22N4O3/c1-6-21-13(20)18(5)9-11(19)17-10-7-15-12(16-8-10)14(2,3)4/h7-8H,6,9H2,1-5H3,(H,17,19). The van der Waals surface area contributed by atoms with Crippen LogP contribution in [0.25, 0.3) is 0 Å². The number of amides is 2. The minimum absolute atomic E-state index is 0.0974. The smallest absolute Gasteiger partial charge is 0.409 e. The summed E-state index contributed by atoms with van der Waals surface area (Å²) in [5.74, 6) is 0.363. The lowest BCUT2D eigenvalue weighted by molar-refractivity contribution is -0.116. The second kappa shape index (κ2) is 7.01. The molecule has 116 valence electrons. The second-order valence-electron chi connectivity index (χ2n) is 5.65. The van der Waals surface area contributed by atoms with Crippen molar-refractivity contribution in [3.05, 3.63) is 18.2 Å². The van der Waals surface area contributed by atoms with E-state index in [1.54, 1.807) is 19.3 Å². The number of carbonyl (C=O) groups is 2. The van der Waals surface area contributed by atoms with E-state index in [1.165, 1.54) is 11.9 Å². The molecule has 0 aliphatic carbocycles. The van der Waals surface area contributed by atoms with Gasteiger partial charge in [0.05, 0.1) is 24.7 Å². The Labute approximate surface area is 124 Å². The molecule has 1 rings (SSSR count). The monoisotopic (exact) mass is 294 g/mol. The number of rotatable bonds is 4. The van der Waals surface area contributed by atoms with Crippen LogP contribution in [0.5, 0.6) is 0 Å². The van der Waals surface area contributed by atoms with E-state index < -0.39 is 6.09 Å². The second-order valence-corrected chi connectivity index (χ2v) is 5.65. The Morgan fingerprint density at radius 1 is 1.29 bits per heavy atom. The molecule has 1 aromatic rings. The molecule has 0 unspecified atom stereocenters. The molecule has 7 nitrogen and oxygen atoms in total. The maximum Gasteiger partial charge on any atom is 0.409 e. The summed E-state index contributed by atoms with van der Waals surface area (Å²) in [5, 5.41) is 2.64. The number of ether oxygens (including phenoxy) is 1. The molecule has 0 saturated carbocycles. The first kappa shape index (κ1) is 16.9. The van der Waals surface area contributed by atoms with Gasteiger partial charge in [-0.25, -0.2) is 14.8 Å². The topological polar surface area (TPSA) is 84.4 Å². The van der Waals surface area contributed by atoms with Gasteiger partial charge in [-0.15, -0.1) is 0 Å². The van der Waals surface area contributed by atoms with E-state index in [0.29, 0.717) is 11.5 Å². The highest BCUT2D eigenvalue weighted by atomic mass is 16.6. The van der Waals surface area contributed by atoms with E-state index in [9.17, 15) is 9.59 Å². The first-order chi connectivity index (χ1) is 9.74. The maximum atomic E-state index is 11.8. The Morgan fingerprint density at radius 2 is 1.86 bits per heavy atom. The predicted octanol–water partition coefficient (Wildman–Crippen LogP) is 1.80. The summed E-state index contributed by atoms with van der Waals surface area (Å²) in [6.45, 7) is 7.91. The fraction of sp³-hybridized carbons (Fsp3) is 0.571. The lowest BCUT2D eigenvalue weighted by Gasteiger charge is -2.17. The van der Waals surface area contributed by atoms with E-state index in [1.807, 2.05) is 20.8 Å². The van der Waals surface area contributed by atoms with Gasteiger partial charge in [-0.3, -0.25) is 4.79 Å². The summed E-state index contributed by atoms with van der Waals surface area (Å²) < 4.78 is 4.79. The first-order valence-electron chi connectivity index (χ1n) is 6.74. The van der Waals surface area contributed by atoms with Gasteiger partial charge in [0.1, 0.15) is 12.4 Å². The van der Waals surface area contributed by atoms with Gasteiger partial charge in [-0.05, 0) is 6.92 Å². The van der Waals surface area contributed by atoms with Gasteiger partial charge in [0.25, 0.3) is 0 Å². The van der Waals surface area contributed by atoms with E-state index in [-0.39, 0.29) is 24.5 Å². The number of carbonyl (C=O) groups excluding carboxylic acids is 2. The Bertz CT molecular complexity index is 494. The summed E-state index contributed by atoms with van der Waals surface area (Å²) in [5.41, 5.74) is 0.345. The molecule has 1 aromatic heterocycles. The highest BCUT2D eigenvalue weighted by molar-refractivity contribution is 5.93. The van der Waals surface area contributed by atoms with Gasteiger partial charge < -0.3 is 15.0 Å². The fourth-order valence-corrected chi connectivity index (χ4v) is 1.49. The van der Waals surface area contributed by atoms with Crippen LogP contribution in [0.3, 0.4) is 0 Å². The molecule has 0 atom stereocenters. The molecule has 0 bridgehead atoms. The van der Waals surface area contributed by atoms with Crippen molar-refractivity contribution in [3.8, 4) is 0 Å². The van der Waals surface area contributed by atoms with Gasteiger partial charge in [0.15, 0.2) is 0 Å². The SMILES string of the molecule is CCOC(=O)N(C)CC(=O)Nc1cnc(C(C)(C)C)nc1. The van der Waals surface area contributed by atoms with Crippen LogP contribution in [-0.2, 0) is 14.9 Å². The summed E-state index contributed by atoms with van der Waals surface area (Å²) in [7, 11) is 1.50. The molecule has 0 aliphatic rings. The minimum Gasteiger partial charge on any atom is -0.450 e. The van der Waals surface area contributed by atoms with E-state index in [4.69, 9.17) is 4.74 Å². The molecular formula is C14H22N4O3. The molecule has 0 fully saturated rings. The average Bonchev–Trinajstić information content (AvgIpc) is 2.38. The molecule has 0 aromatic carbocycles. The third-order valence-corrected chi connectivity index (χ3v) is 2.57. The third-order valence-electron chi connectivity index (χ3n) is 2.57. The number of likely N-dealkylation sites (N-methyl/N-ethyl adjacent to an activating group) is 1. The van der Waals surface area contributed by atoms with Crippen molar-refractivity contribution in [1.82, 2.24) is 14.9 Å². The number of anilines is 1. The van der Waals surface area contributed by atoms with Crippen molar-refractivity contribution in [3.63, 3.8) is 0 Å². The van der Waals surface area contributed by atoms with Crippen LogP contribution in [-0.4, -0.2) is 47.1 Å². The highest BCUT2D eigenvalue weighted by Gasteiger charge is 2.17. The van der Waals surface area contributed by atoms with Crippen LogP contribution in [0.15, 0.2) is 12.4 Å². The van der Waals surface area contributed by atoms with Crippen LogP contribution in [0.1, 0.15) is 33.5 Å². The maximum absolute atomic E-state index is 11.8. The Balaban J connectivity index is 2.57. The normalized spacial score (nSPS) is 10.9. The van der Waals surface area contributed by atoms with E-state index in [0.717, 1.165) is 0 Å². The molecule has 2 amide bonds. The van der Waals surface area contributed by atoms with Crippen LogP contribution < -0.4 is 5.32 Å². The van der Waals surface area contributed by atoms with Crippen molar-refractivity contribution in [2.75, 3.05) is 25.5 Å². The molecule has 21 heavy (non-hydrogen) atoms. The van der Waals surface area contributed by atoms with Crippen molar-refractivity contribution >= 4 is 17.7 Å². The van der Waals surface area contributed by atoms with Crippen molar-refractivity contribution in [2.24, 2.45) is 0 Å². The molecular weight excluding hydrogens is 272 g/mol. The van der Waals surface area contributed by atoms with E-state index >= 15 is 0 Å². The van der Waals surface area contributed by atoms with Crippen LogP contribution in [0, 0.1) is 0 Å². The van der Waals surface area contributed by atoms with Crippen molar-refractivity contribution in [2.45, 2.75) is 33.1 Å². The predicted molar refractivity (Wildman–Crippen MR) is 79.0 cm³/mol. The summed E-state index contributed by atoms with van der Waals surface area (Å²) in [6.07, 6.45) is 2.57. The molecule has 1 heterocycles. The summed E-state index contributed by atoms with van der Waals surface area (Å²) in [4.78, 5) is 32.8. The highest BCUT2D eigenvalue weighted by Crippen LogP contribution is 2.18. The van der Waals surface area contributed by atoms with Gasteiger partial charge >= 0.3 is 6.09 Å². The van der Waals surface area contributed by atoms with E-state index in [2.05, 4.69) is 15.3 Å². The van der Waals surface area contributed by atoms with Gasteiger partial charge in [-0.2, -0.15) is 0 Å². The molecule has 0 spiro atoms. The Hall–Kier alpha value is -2.18. The zero-order chi connectivity index (χ0) is 16.0. The fourth-order valence-electron chi connectivity index (χ4n) is 1.49. The lowest BCUT2D eigenvalue weighted by atomic mass is 9.96. The quantitative estimate of drug-likeness (QED) is 0.915. The largest absolute Gasteiger partial charge is 0.450 e. The van der Waals surface area contributed by atoms with Crippen LogP contribution >= 0.6 is 0 Å². The van der Waals surface area contributed by atoms with Crippen molar-refractivity contribution in [1.29, 1.82) is 0 Å². The van der Waals surface area contributed by atoms with Gasteiger partial charge in [-0.1, -0.05) is 20.8 Å².